The first-order valence-electron chi connectivity index (χ1n) is 6.51. The van der Waals surface area contributed by atoms with Crippen LogP contribution >= 0.6 is 12.2 Å². The van der Waals surface area contributed by atoms with Crippen LogP contribution in [0.15, 0.2) is 18.3 Å². The second-order valence-electron chi connectivity index (χ2n) is 5.11. The van der Waals surface area contributed by atoms with Gasteiger partial charge in [-0.15, -0.1) is 0 Å². The number of rotatable bonds is 4. The molecule has 1 saturated carbocycles. The van der Waals surface area contributed by atoms with Gasteiger partial charge in [-0.05, 0) is 49.3 Å². The van der Waals surface area contributed by atoms with E-state index in [-0.39, 0.29) is 0 Å². The largest absolute Gasteiger partial charge is 0.388 e. The highest BCUT2D eigenvalue weighted by molar-refractivity contribution is 7.80. The maximum absolute atomic E-state index is 5.94. The van der Waals surface area contributed by atoms with E-state index in [1.54, 1.807) is 6.20 Å². The molecular formula is C14H20N2OS. The maximum atomic E-state index is 5.94. The summed E-state index contributed by atoms with van der Waals surface area (Å²) in [5.41, 5.74) is 7.32. The van der Waals surface area contributed by atoms with Crippen molar-refractivity contribution in [2.24, 2.45) is 11.7 Å². The normalized spacial score (nSPS) is 23.8. The Morgan fingerprint density at radius 1 is 1.44 bits per heavy atom. The Labute approximate surface area is 114 Å². The molecule has 0 amide bonds. The van der Waals surface area contributed by atoms with Gasteiger partial charge < -0.3 is 10.5 Å². The standard InChI is InChI=1S/C14H20N2OS/c1-10-2-4-12(5-3-10)17-9-11-6-7-16-13(8-11)14(15)18/h6-8,10,12H,2-5,9H2,1H3,(H2,15,18). The molecule has 4 heteroatoms. The molecule has 1 fully saturated rings. The molecule has 2 N–H and O–H groups in total. The highest BCUT2D eigenvalue weighted by Crippen LogP contribution is 2.26. The molecule has 1 aromatic heterocycles. The van der Waals surface area contributed by atoms with E-state index in [2.05, 4.69) is 11.9 Å². The summed E-state index contributed by atoms with van der Waals surface area (Å²) in [4.78, 5) is 4.46. The van der Waals surface area contributed by atoms with Crippen LogP contribution in [0.5, 0.6) is 0 Å². The lowest BCUT2D eigenvalue weighted by atomic mass is 9.89. The van der Waals surface area contributed by atoms with Gasteiger partial charge in [0.25, 0.3) is 0 Å². The summed E-state index contributed by atoms with van der Waals surface area (Å²) in [6.07, 6.45) is 7.04. The SMILES string of the molecule is CC1CCC(OCc2ccnc(C(N)=S)c2)CC1. The lowest BCUT2D eigenvalue weighted by Crippen LogP contribution is -2.20. The molecule has 98 valence electrons. The van der Waals surface area contributed by atoms with Crippen LogP contribution in [0.3, 0.4) is 0 Å². The van der Waals surface area contributed by atoms with Crippen molar-refractivity contribution in [2.75, 3.05) is 0 Å². The first-order valence-corrected chi connectivity index (χ1v) is 6.92. The third kappa shape index (κ3) is 3.75. The number of hydrogen-bond donors (Lipinski definition) is 1. The van der Waals surface area contributed by atoms with E-state index in [1.807, 2.05) is 12.1 Å². The van der Waals surface area contributed by atoms with Crippen LogP contribution in [0.2, 0.25) is 0 Å². The van der Waals surface area contributed by atoms with E-state index in [1.165, 1.54) is 25.7 Å². The van der Waals surface area contributed by atoms with Crippen molar-refractivity contribution in [3.8, 4) is 0 Å². The predicted octanol–water partition coefficient (Wildman–Crippen LogP) is 2.81. The van der Waals surface area contributed by atoms with Crippen LogP contribution in [0.25, 0.3) is 0 Å². The minimum Gasteiger partial charge on any atom is -0.388 e. The molecule has 1 heterocycles. The average Bonchev–Trinajstić information content (AvgIpc) is 2.38. The van der Waals surface area contributed by atoms with Gasteiger partial charge in [0.15, 0.2) is 0 Å². The minimum absolute atomic E-state index is 0.336. The van der Waals surface area contributed by atoms with Crippen molar-refractivity contribution in [1.82, 2.24) is 4.98 Å². The number of ether oxygens (including phenoxy) is 1. The lowest BCUT2D eigenvalue weighted by Gasteiger charge is -2.26. The molecular weight excluding hydrogens is 244 g/mol. The van der Waals surface area contributed by atoms with Crippen LogP contribution in [0, 0.1) is 5.92 Å². The average molecular weight is 264 g/mol. The molecule has 0 atom stereocenters. The number of nitrogens with two attached hydrogens (primary N) is 1. The van der Waals surface area contributed by atoms with Crippen molar-refractivity contribution in [3.05, 3.63) is 29.6 Å². The van der Waals surface area contributed by atoms with Gasteiger partial charge in [-0.25, -0.2) is 0 Å². The van der Waals surface area contributed by atoms with Crippen LogP contribution in [-0.4, -0.2) is 16.1 Å². The van der Waals surface area contributed by atoms with Crippen molar-refractivity contribution in [3.63, 3.8) is 0 Å². The molecule has 0 saturated heterocycles. The second kappa shape index (κ2) is 6.25. The number of thiocarbonyl (C=S) groups is 1. The number of nitrogens with zero attached hydrogens (tertiary/aromatic N) is 1. The van der Waals surface area contributed by atoms with E-state index < -0.39 is 0 Å². The highest BCUT2D eigenvalue weighted by Gasteiger charge is 2.18. The Morgan fingerprint density at radius 2 is 2.17 bits per heavy atom. The van der Waals surface area contributed by atoms with Crippen molar-refractivity contribution < 1.29 is 4.74 Å². The molecule has 0 spiro atoms. The summed E-state index contributed by atoms with van der Waals surface area (Å²) >= 11 is 4.92. The second-order valence-corrected chi connectivity index (χ2v) is 5.55. The van der Waals surface area contributed by atoms with E-state index >= 15 is 0 Å². The molecule has 0 aromatic carbocycles. The van der Waals surface area contributed by atoms with Gasteiger partial charge in [0.1, 0.15) is 4.99 Å². The maximum Gasteiger partial charge on any atom is 0.122 e. The molecule has 1 aliphatic rings. The summed E-state index contributed by atoms with van der Waals surface area (Å²) in [5.74, 6) is 0.854. The Morgan fingerprint density at radius 3 is 2.83 bits per heavy atom. The first kappa shape index (κ1) is 13.4. The fourth-order valence-corrected chi connectivity index (χ4v) is 2.42. The summed E-state index contributed by atoms with van der Waals surface area (Å²) in [6, 6.07) is 3.86. The summed E-state index contributed by atoms with van der Waals surface area (Å²) < 4.78 is 5.94. The van der Waals surface area contributed by atoms with Gasteiger partial charge in [0.2, 0.25) is 0 Å². The molecule has 0 aliphatic heterocycles. The highest BCUT2D eigenvalue weighted by atomic mass is 32.1. The smallest absolute Gasteiger partial charge is 0.122 e. The molecule has 1 aliphatic carbocycles. The van der Waals surface area contributed by atoms with Crippen LogP contribution in [-0.2, 0) is 11.3 Å². The summed E-state index contributed by atoms with van der Waals surface area (Å²) in [6.45, 7) is 2.94. The Bertz CT molecular complexity index is 414. The quantitative estimate of drug-likeness (QED) is 0.850. The van der Waals surface area contributed by atoms with Crippen molar-refractivity contribution in [1.29, 1.82) is 0 Å². The van der Waals surface area contributed by atoms with Gasteiger partial charge in [0.05, 0.1) is 18.4 Å². The zero-order chi connectivity index (χ0) is 13.0. The lowest BCUT2D eigenvalue weighted by molar-refractivity contribution is 0.00874. The summed E-state index contributed by atoms with van der Waals surface area (Å²) in [7, 11) is 0. The molecule has 3 nitrogen and oxygen atoms in total. The van der Waals surface area contributed by atoms with Gasteiger partial charge >= 0.3 is 0 Å². The molecule has 0 unspecified atom stereocenters. The van der Waals surface area contributed by atoms with E-state index in [9.17, 15) is 0 Å². The third-order valence-corrected chi connectivity index (χ3v) is 3.73. The van der Waals surface area contributed by atoms with E-state index in [0.29, 0.717) is 23.4 Å². The predicted molar refractivity (Wildman–Crippen MR) is 76.3 cm³/mol. The van der Waals surface area contributed by atoms with Crippen LogP contribution in [0.1, 0.15) is 43.9 Å². The first-order chi connectivity index (χ1) is 8.65. The number of hydrogen-bond acceptors (Lipinski definition) is 3. The minimum atomic E-state index is 0.336. The van der Waals surface area contributed by atoms with Crippen molar-refractivity contribution >= 4 is 17.2 Å². The topological polar surface area (TPSA) is 48.1 Å². The van der Waals surface area contributed by atoms with Crippen LogP contribution < -0.4 is 5.73 Å². The Hall–Kier alpha value is -1.00. The van der Waals surface area contributed by atoms with Gasteiger partial charge in [-0.3, -0.25) is 4.98 Å². The monoisotopic (exact) mass is 264 g/mol. The fourth-order valence-electron chi connectivity index (χ4n) is 2.31. The molecule has 18 heavy (non-hydrogen) atoms. The molecule has 0 bridgehead atoms. The van der Waals surface area contributed by atoms with Gasteiger partial charge in [-0.1, -0.05) is 19.1 Å². The zero-order valence-electron chi connectivity index (χ0n) is 10.8. The van der Waals surface area contributed by atoms with Gasteiger partial charge in [-0.2, -0.15) is 0 Å². The van der Waals surface area contributed by atoms with Gasteiger partial charge in [0, 0.05) is 6.20 Å². The number of aromatic nitrogens is 1. The number of pyridine rings is 1. The Balaban J connectivity index is 1.86. The molecule has 2 rings (SSSR count). The third-order valence-electron chi connectivity index (χ3n) is 3.53. The fraction of sp³-hybridized carbons (Fsp3) is 0.571. The van der Waals surface area contributed by atoms with Crippen molar-refractivity contribution in [2.45, 2.75) is 45.3 Å². The van der Waals surface area contributed by atoms with E-state index in [4.69, 9.17) is 22.7 Å². The summed E-state index contributed by atoms with van der Waals surface area (Å²) in [5, 5.41) is 0. The van der Waals surface area contributed by atoms with Crippen LogP contribution in [0.4, 0.5) is 0 Å². The Kier molecular flexibility index (Phi) is 4.66. The zero-order valence-corrected chi connectivity index (χ0v) is 11.6. The molecule has 0 radical (unpaired) electrons. The molecule has 1 aromatic rings. The van der Waals surface area contributed by atoms with E-state index in [0.717, 1.165) is 11.5 Å².